The molecule has 0 saturated carbocycles. The number of esters is 1. The lowest BCUT2D eigenvalue weighted by molar-refractivity contribution is -0.148. The molecule has 0 saturated heterocycles. The van der Waals surface area contributed by atoms with Crippen molar-refractivity contribution in [2.75, 3.05) is 13.2 Å². The molecule has 0 aliphatic rings. The van der Waals surface area contributed by atoms with Gasteiger partial charge in [0.1, 0.15) is 6.61 Å². The Kier molecular flexibility index (Phi) is 7.40. The van der Waals surface area contributed by atoms with Crippen molar-refractivity contribution in [2.24, 2.45) is 0 Å². The third-order valence-corrected chi connectivity index (χ3v) is 3.30. The highest BCUT2D eigenvalue weighted by atomic mass is 16.6. The first-order valence-corrected chi connectivity index (χ1v) is 7.83. The number of nitrogens with one attached hydrogen (secondary N) is 1. The van der Waals surface area contributed by atoms with Gasteiger partial charge in [-0.1, -0.05) is 36.4 Å². The maximum Gasteiger partial charge on any atom is 0.407 e. The minimum atomic E-state index is -1.17. The number of ether oxygens (including phenoxy) is 2. The summed E-state index contributed by atoms with van der Waals surface area (Å²) in [7, 11) is 0. The van der Waals surface area contributed by atoms with E-state index in [0.29, 0.717) is 6.42 Å². The van der Waals surface area contributed by atoms with E-state index in [1.165, 1.54) is 0 Å². The van der Waals surface area contributed by atoms with Crippen molar-refractivity contribution >= 4 is 12.1 Å². The molecule has 0 radical (unpaired) electrons. The molecule has 7 nitrogen and oxygen atoms in total. The lowest BCUT2D eigenvalue weighted by Gasteiger charge is -2.15. The van der Waals surface area contributed by atoms with Crippen LogP contribution in [0, 0.1) is 0 Å². The van der Waals surface area contributed by atoms with Crippen molar-refractivity contribution in [2.45, 2.75) is 19.1 Å². The quantitative estimate of drug-likeness (QED) is 0.704. The number of carbonyl (C=O) groups excluding carboxylic acids is 2. The average Bonchev–Trinajstić information content (AvgIpc) is 2.66. The maximum absolute atomic E-state index is 11.9. The van der Waals surface area contributed by atoms with Gasteiger partial charge in [0.15, 0.2) is 6.04 Å². The molecule has 0 aliphatic heterocycles. The van der Waals surface area contributed by atoms with Crippen LogP contribution in [0.15, 0.2) is 54.7 Å². The Morgan fingerprint density at radius 2 is 1.84 bits per heavy atom. The van der Waals surface area contributed by atoms with E-state index in [1.807, 2.05) is 30.3 Å². The summed E-state index contributed by atoms with van der Waals surface area (Å²) >= 11 is 0. The number of aliphatic hydroxyl groups excluding tert-OH is 1. The van der Waals surface area contributed by atoms with Crippen LogP contribution in [0.5, 0.6) is 0 Å². The fraction of sp³-hybridized carbons (Fsp3) is 0.278. The lowest BCUT2D eigenvalue weighted by Crippen LogP contribution is -2.44. The Bertz CT molecular complexity index is 664. The fourth-order valence-corrected chi connectivity index (χ4v) is 1.99. The SMILES string of the molecule is O=C(N[C@@H](CO)C(=O)OCc1ccccc1)OCCc1ccccn1. The molecule has 132 valence electrons. The molecule has 2 aromatic rings. The second kappa shape index (κ2) is 10.0. The molecule has 0 fully saturated rings. The van der Waals surface area contributed by atoms with Crippen LogP contribution < -0.4 is 5.32 Å². The number of aromatic nitrogens is 1. The zero-order valence-electron chi connectivity index (χ0n) is 13.6. The zero-order chi connectivity index (χ0) is 17.9. The molecule has 1 aromatic heterocycles. The van der Waals surface area contributed by atoms with Crippen molar-refractivity contribution in [1.29, 1.82) is 0 Å². The number of alkyl carbamates (subject to hydrolysis) is 1. The molecule has 0 aliphatic carbocycles. The van der Waals surface area contributed by atoms with E-state index in [0.717, 1.165) is 11.3 Å². The van der Waals surface area contributed by atoms with Crippen molar-refractivity contribution in [3.05, 3.63) is 66.0 Å². The van der Waals surface area contributed by atoms with E-state index >= 15 is 0 Å². The van der Waals surface area contributed by atoms with Gasteiger partial charge in [0, 0.05) is 18.3 Å². The van der Waals surface area contributed by atoms with Crippen LogP contribution in [-0.2, 0) is 27.3 Å². The van der Waals surface area contributed by atoms with Gasteiger partial charge in [-0.3, -0.25) is 4.98 Å². The minimum Gasteiger partial charge on any atom is -0.459 e. The Morgan fingerprint density at radius 3 is 2.52 bits per heavy atom. The summed E-state index contributed by atoms with van der Waals surface area (Å²) < 4.78 is 10.1. The smallest absolute Gasteiger partial charge is 0.407 e. The molecule has 1 amide bonds. The monoisotopic (exact) mass is 344 g/mol. The third kappa shape index (κ3) is 6.60. The fourth-order valence-electron chi connectivity index (χ4n) is 1.99. The van der Waals surface area contributed by atoms with Gasteiger partial charge in [0.2, 0.25) is 0 Å². The van der Waals surface area contributed by atoms with Gasteiger partial charge >= 0.3 is 12.1 Å². The summed E-state index contributed by atoms with van der Waals surface area (Å²) in [6.07, 6.45) is 1.31. The number of amides is 1. The standard InChI is InChI=1S/C18H20N2O5/c21-12-16(17(22)25-13-14-6-2-1-3-7-14)20-18(23)24-11-9-15-8-4-5-10-19-15/h1-8,10,16,21H,9,11-13H2,(H,20,23)/t16-/m0/s1. The topological polar surface area (TPSA) is 97.8 Å². The van der Waals surface area contributed by atoms with Crippen LogP contribution in [0.25, 0.3) is 0 Å². The van der Waals surface area contributed by atoms with E-state index in [4.69, 9.17) is 9.47 Å². The Labute approximate surface area is 145 Å². The predicted octanol–water partition coefficient (Wildman–Crippen LogP) is 1.45. The summed E-state index contributed by atoms with van der Waals surface area (Å²) in [5.74, 6) is -0.729. The van der Waals surface area contributed by atoms with Crippen LogP contribution in [0.3, 0.4) is 0 Å². The molecule has 0 bridgehead atoms. The van der Waals surface area contributed by atoms with Crippen LogP contribution in [0.2, 0.25) is 0 Å². The van der Waals surface area contributed by atoms with Crippen LogP contribution >= 0.6 is 0 Å². The van der Waals surface area contributed by atoms with Crippen LogP contribution in [0.4, 0.5) is 4.79 Å². The van der Waals surface area contributed by atoms with Crippen molar-refractivity contribution in [3.8, 4) is 0 Å². The van der Waals surface area contributed by atoms with Gasteiger partial charge in [-0.25, -0.2) is 9.59 Å². The van der Waals surface area contributed by atoms with Crippen LogP contribution in [0.1, 0.15) is 11.3 Å². The normalized spacial score (nSPS) is 11.4. The number of pyridine rings is 1. The Balaban J connectivity index is 1.72. The molecule has 1 aromatic carbocycles. The molecular formula is C18H20N2O5. The largest absolute Gasteiger partial charge is 0.459 e. The number of hydrogen-bond acceptors (Lipinski definition) is 6. The van der Waals surface area contributed by atoms with Gasteiger partial charge in [0.05, 0.1) is 13.2 Å². The van der Waals surface area contributed by atoms with Gasteiger partial charge in [0.25, 0.3) is 0 Å². The number of carbonyl (C=O) groups is 2. The van der Waals surface area contributed by atoms with Gasteiger partial charge in [-0.2, -0.15) is 0 Å². The molecule has 0 unspecified atom stereocenters. The second-order valence-corrected chi connectivity index (χ2v) is 5.18. The van der Waals surface area contributed by atoms with E-state index in [2.05, 4.69) is 10.3 Å². The molecule has 7 heteroatoms. The maximum atomic E-state index is 11.9. The van der Waals surface area contributed by atoms with Crippen molar-refractivity contribution in [1.82, 2.24) is 10.3 Å². The highest BCUT2D eigenvalue weighted by Crippen LogP contribution is 2.02. The number of aliphatic hydroxyl groups is 1. The Hall–Kier alpha value is -2.93. The summed E-state index contributed by atoms with van der Waals surface area (Å²) in [6.45, 7) is -0.407. The van der Waals surface area contributed by atoms with E-state index in [9.17, 15) is 14.7 Å². The highest BCUT2D eigenvalue weighted by Gasteiger charge is 2.22. The molecule has 0 spiro atoms. The molecule has 1 heterocycles. The Morgan fingerprint density at radius 1 is 1.08 bits per heavy atom. The molecule has 25 heavy (non-hydrogen) atoms. The van der Waals surface area contributed by atoms with Crippen molar-refractivity contribution in [3.63, 3.8) is 0 Å². The van der Waals surface area contributed by atoms with Gasteiger partial charge < -0.3 is 19.9 Å². The minimum absolute atomic E-state index is 0.0621. The third-order valence-electron chi connectivity index (χ3n) is 3.30. The molecule has 2 N–H and O–H groups in total. The molecular weight excluding hydrogens is 324 g/mol. The summed E-state index contributed by atoms with van der Waals surface area (Å²) in [5.41, 5.74) is 1.60. The summed E-state index contributed by atoms with van der Waals surface area (Å²) in [6, 6.07) is 13.4. The highest BCUT2D eigenvalue weighted by molar-refractivity contribution is 5.81. The number of rotatable bonds is 8. The number of benzene rings is 1. The summed E-state index contributed by atoms with van der Waals surface area (Å²) in [5, 5.41) is 11.5. The van der Waals surface area contributed by atoms with Crippen molar-refractivity contribution < 1.29 is 24.2 Å². The second-order valence-electron chi connectivity index (χ2n) is 5.18. The number of hydrogen-bond donors (Lipinski definition) is 2. The first-order chi connectivity index (χ1) is 12.2. The van der Waals surface area contributed by atoms with E-state index < -0.39 is 24.7 Å². The first-order valence-electron chi connectivity index (χ1n) is 7.83. The summed E-state index contributed by atoms with van der Waals surface area (Å²) in [4.78, 5) is 27.7. The predicted molar refractivity (Wildman–Crippen MR) is 89.5 cm³/mol. The lowest BCUT2D eigenvalue weighted by atomic mass is 10.2. The first kappa shape index (κ1) is 18.4. The van der Waals surface area contributed by atoms with Gasteiger partial charge in [-0.05, 0) is 17.7 Å². The molecule has 1 atom stereocenters. The average molecular weight is 344 g/mol. The van der Waals surface area contributed by atoms with Gasteiger partial charge in [-0.15, -0.1) is 0 Å². The van der Waals surface area contributed by atoms with E-state index in [1.54, 1.807) is 24.4 Å². The van der Waals surface area contributed by atoms with E-state index in [-0.39, 0.29) is 13.2 Å². The zero-order valence-corrected chi connectivity index (χ0v) is 13.6. The molecule has 2 rings (SSSR count). The number of nitrogens with zero attached hydrogens (tertiary/aromatic N) is 1. The van der Waals surface area contributed by atoms with Crippen LogP contribution in [-0.4, -0.2) is 41.4 Å².